The third kappa shape index (κ3) is 3.38. The van der Waals surface area contributed by atoms with Crippen molar-refractivity contribution in [2.75, 3.05) is 6.54 Å². The van der Waals surface area contributed by atoms with Crippen LogP contribution in [0.5, 0.6) is 0 Å². The molecule has 0 aliphatic rings. The molecule has 4 heterocycles. The van der Waals surface area contributed by atoms with E-state index in [0.717, 1.165) is 10.9 Å². The van der Waals surface area contributed by atoms with Crippen LogP contribution in [0, 0.1) is 0 Å². The van der Waals surface area contributed by atoms with Crippen molar-refractivity contribution in [1.82, 2.24) is 29.8 Å². The summed E-state index contributed by atoms with van der Waals surface area (Å²) in [7, 11) is 0. The minimum atomic E-state index is -4.48. The Bertz CT molecular complexity index is 1230. The van der Waals surface area contributed by atoms with Crippen LogP contribution in [0.3, 0.4) is 0 Å². The summed E-state index contributed by atoms with van der Waals surface area (Å²) in [6, 6.07) is 5.43. The van der Waals surface area contributed by atoms with E-state index in [1.165, 1.54) is 0 Å². The molecule has 0 aromatic carbocycles. The molecule has 1 amide bonds. The second-order valence-corrected chi connectivity index (χ2v) is 7.19. The average Bonchev–Trinajstić information content (AvgIpc) is 3.34. The molecule has 4 rings (SSSR count). The van der Waals surface area contributed by atoms with Gasteiger partial charge in [0, 0.05) is 41.1 Å². The van der Waals surface area contributed by atoms with Crippen molar-refractivity contribution < 1.29 is 18.0 Å². The number of aromatic amines is 1. The van der Waals surface area contributed by atoms with Crippen LogP contribution in [0.2, 0.25) is 0 Å². The minimum absolute atomic E-state index is 0.275. The van der Waals surface area contributed by atoms with E-state index in [-0.39, 0.29) is 6.42 Å². The zero-order valence-corrected chi connectivity index (χ0v) is 16.3. The van der Waals surface area contributed by atoms with Gasteiger partial charge in [0.15, 0.2) is 5.82 Å². The Morgan fingerprint density at radius 1 is 1.27 bits per heavy atom. The molecule has 0 radical (unpaired) electrons. The van der Waals surface area contributed by atoms with Gasteiger partial charge in [-0.05, 0) is 31.5 Å². The molecule has 0 aliphatic carbocycles. The number of aromatic nitrogens is 5. The Balaban J connectivity index is 1.78. The van der Waals surface area contributed by atoms with E-state index in [1.807, 2.05) is 11.4 Å². The Morgan fingerprint density at radius 3 is 2.80 bits per heavy atom. The van der Waals surface area contributed by atoms with E-state index < -0.39 is 24.2 Å². The molecule has 0 fully saturated rings. The molecule has 4 aromatic rings. The molecule has 4 aromatic heterocycles. The quantitative estimate of drug-likeness (QED) is 0.518. The molecule has 30 heavy (non-hydrogen) atoms. The van der Waals surface area contributed by atoms with Crippen LogP contribution >= 0.6 is 0 Å². The maximum atomic E-state index is 12.7. The summed E-state index contributed by atoms with van der Waals surface area (Å²) in [5.74, 6) is -0.299. The molecule has 0 saturated carbocycles. The normalized spacial score (nSPS) is 14.2. The molecule has 0 spiro atoms. The van der Waals surface area contributed by atoms with Gasteiger partial charge >= 0.3 is 6.18 Å². The highest BCUT2D eigenvalue weighted by atomic mass is 19.4. The van der Waals surface area contributed by atoms with Crippen molar-refractivity contribution in [3.8, 4) is 11.4 Å². The monoisotopic (exact) mass is 416 g/mol. The number of fused-ring (bicyclic) bond motifs is 2. The van der Waals surface area contributed by atoms with E-state index in [2.05, 4.69) is 19.9 Å². The van der Waals surface area contributed by atoms with Crippen LogP contribution in [-0.4, -0.2) is 43.1 Å². The van der Waals surface area contributed by atoms with E-state index in [0.29, 0.717) is 22.5 Å². The standard InChI is InChI=1S/C20H19F3N6O/c1-3-19(2,18(30)27-11-20(21,22)23)29-8-6-12-9-25-16(28-17(12)29)14-10-26-15-13(14)5-4-7-24-15/h4-10H,3,11H2,1-2H3,(H,24,26)(H,27,30). The number of nitrogens with one attached hydrogen (secondary N) is 2. The molecule has 0 aliphatic heterocycles. The van der Waals surface area contributed by atoms with Crippen LogP contribution in [0.25, 0.3) is 33.5 Å². The van der Waals surface area contributed by atoms with E-state index in [1.54, 1.807) is 55.3 Å². The lowest BCUT2D eigenvalue weighted by molar-refractivity contribution is -0.143. The predicted octanol–water partition coefficient (Wildman–Crippen LogP) is 3.78. The number of rotatable bonds is 5. The van der Waals surface area contributed by atoms with Gasteiger partial charge in [-0.1, -0.05) is 6.92 Å². The Kier molecular flexibility index (Phi) is 4.71. The summed E-state index contributed by atoms with van der Waals surface area (Å²) >= 11 is 0. The molecular formula is C20H19F3N6O. The lowest BCUT2D eigenvalue weighted by Crippen LogP contribution is -2.48. The summed E-state index contributed by atoms with van der Waals surface area (Å²) in [6.07, 6.45) is 2.49. The molecule has 10 heteroatoms. The first-order chi connectivity index (χ1) is 14.2. The first-order valence-corrected chi connectivity index (χ1v) is 9.35. The second kappa shape index (κ2) is 7.12. The molecular weight excluding hydrogens is 397 g/mol. The highest BCUT2D eigenvalue weighted by Gasteiger charge is 2.37. The number of amides is 1. The van der Waals surface area contributed by atoms with Crippen LogP contribution in [0.1, 0.15) is 20.3 Å². The Morgan fingerprint density at radius 2 is 2.07 bits per heavy atom. The summed E-state index contributed by atoms with van der Waals surface area (Å²) in [6.45, 7) is 1.95. The van der Waals surface area contributed by atoms with Crippen molar-refractivity contribution in [3.63, 3.8) is 0 Å². The highest BCUT2D eigenvalue weighted by molar-refractivity contribution is 5.93. The SMILES string of the molecule is CCC(C)(C(=O)NCC(F)(F)F)n1ccc2cnc(-c3c[nH]c4ncccc34)nc21. The number of halogens is 3. The topological polar surface area (TPSA) is 88.5 Å². The Labute approximate surface area is 169 Å². The van der Waals surface area contributed by atoms with E-state index in [4.69, 9.17) is 0 Å². The number of carbonyl (C=O) groups is 1. The predicted molar refractivity (Wildman–Crippen MR) is 106 cm³/mol. The first kappa shape index (κ1) is 19.9. The van der Waals surface area contributed by atoms with Crippen LogP contribution in [-0.2, 0) is 10.3 Å². The number of hydrogen-bond donors (Lipinski definition) is 2. The molecule has 1 atom stereocenters. The number of pyridine rings is 1. The second-order valence-electron chi connectivity index (χ2n) is 7.19. The number of alkyl halides is 3. The van der Waals surface area contributed by atoms with Gasteiger partial charge in [-0.2, -0.15) is 13.2 Å². The lowest BCUT2D eigenvalue weighted by atomic mass is 9.97. The number of H-pyrrole nitrogens is 1. The molecule has 0 saturated heterocycles. The Hall–Kier alpha value is -3.43. The molecule has 2 N–H and O–H groups in total. The van der Waals surface area contributed by atoms with Gasteiger partial charge in [-0.25, -0.2) is 15.0 Å². The van der Waals surface area contributed by atoms with E-state index >= 15 is 0 Å². The smallest absolute Gasteiger partial charge is 0.345 e. The van der Waals surface area contributed by atoms with Crippen molar-refractivity contribution in [2.24, 2.45) is 0 Å². The number of carbonyl (C=O) groups excluding carboxylic acids is 1. The van der Waals surface area contributed by atoms with Gasteiger partial charge < -0.3 is 14.9 Å². The van der Waals surface area contributed by atoms with Gasteiger partial charge in [0.2, 0.25) is 5.91 Å². The molecule has 1 unspecified atom stereocenters. The summed E-state index contributed by atoms with van der Waals surface area (Å²) in [4.78, 5) is 29.0. The maximum absolute atomic E-state index is 12.7. The van der Waals surface area contributed by atoms with Crippen molar-refractivity contribution in [2.45, 2.75) is 32.0 Å². The van der Waals surface area contributed by atoms with Gasteiger partial charge in [0.25, 0.3) is 0 Å². The van der Waals surface area contributed by atoms with E-state index in [9.17, 15) is 18.0 Å². The zero-order chi connectivity index (χ0) is 21.5. The summed E-state index contributed by atoms with van der Waals surface area (Å²) < 4.78 is 39.4. The molecule has 156 valence electrons. The fourth-order valence-corrected chi connectivity index (χ4v) is 3.40. The van der Waals surface area contributed by atoms with Gasteiger partial charge in [0.05, 0.1) is 0 Å². The largest absolute Gasteiger partial charge is 0.405 e. The third-order valence-electron chi connectivity index (χ3n) is 5.28. The van der Waals surface area contributed by atoms with Gasteiger partial charge in [-0.15, -0.1) is 0 Å². The minimum Gasteiger partial charge on any atom is -0.345 e. The van der Waals surface area contributed by atoms with Crippen LogP contribution < -0.4 is 5.32 Å². The van der Waals surface area contributed by atoms with Crippen molar-refractivity contribution in [3.05, 3.63) is 43.0 Å². The summed E-state index contributed by atoms with van der Waals surface area (Å²) in [5.41, 5.74) is 0.647. The van der Waals surface area contributed by atoms with Crippen molar-refractivity contribution >= 4 is 28.0 Å². The van der Waals surface area contributed by atoms with Crippen molar-refractivity contribution in [1.29, 1.82) is 0 Å². The lowest BCUT2D eigenvalue weighted by Gasteiger charge is -2.29. The number of nitrogens with zero attached hydrogens (tertiary/aromatic N) is 4. The van der Waals surface area contributed by atoms with Crippen LogP contribution in [0.15, 0.2) is 43.0 Å². The highest BCUT2D eigenvalue weighted by Crippen LogP contribution is 2.30. The third-order valence-corrected chi connectivity index (χ3v) is 5.28. The van der Waals surface area contributed by atoms with Gasteiger partial charge in [-0.3, -0.25) is 4.79 Å². The van der Waals surface area contributed by atoms with Crippen LogP contribution in [0.4, 0.5) is 13.2 Å². The maximum Gasteiger partial charge on any atom is 0.405 e. The fourth-order valence-electron chi connectivity index (χ4n) is 3.40. The molecule has 7 nitrogen and oxygen atoms in total. The average molecular weight is 416 g/mol. The fraction of sp³-hybridized carbons (Fsp3) is 0.300. The number of hydrogen-bond acceptors (Lipinski definition) is 4. The summed E-state index contributed by atoms with van der Waals surface area (Å²) in [5, 5.41) is 3.52. The first-order valence-electron chi connectivity index (χ1n) is 9.35. The molecule has 0 bridgehead atoms. The zero-order valence-electron chi connectivity index (χ0n) is 16.3. The van der Waals surface area contributed by atoms with Gasteiger partial charge in [0.1, 0.15) is 23.4 Å².